The molecule has 0 aliphatic rings. The van der Waals surface area contributed by atoms with Gasteiger partial charge in [0.05, 0.1) is 6.61 Å². The topological polar surface area (TPSA) is 70.1 Å². The van der Waals surface area contributed by atoms with Gasteiger partial charge < -0.3 is 15.7 Å². The molecule has 1 aromatic rings. The normalized spacial score (nSPS) is 12.3. The van der Waals surface area contributed by atoms with Gasteiger partial charge >= 0.3 is 6.18 Å². The lowest BCUT2D eigenvalue weighted by molar-refractivity contribution is -0.141. The molecular weight excluding hydrogens is 285 g/mol. The average Bonchev–Trinajstić information content (AvgIpc) is 2.48. The van der Waals surface area contributed by atoms with Crippen LogP contribution in [0.15, 0.2) is 6.07 Å². The maximum absolute atomic E-state index is 12.8. The van der Waals surface area contributed by atoms with Crippen molar-refractivity contribution in [3.8, 4) is 0 Å². The molecule has 0 amide bonds. The fraction of sp³-hybridized carbons (Fsp3) is 0.692. The summed E-state index contributed by atoms with van der Waals surface area (Å²) in [6.07, 6.45) is -3.11. The second-order valence-corrected chi connectivity index (χ2v) is 4.93. The van der Waals surface area contributed by atoms with E-state index in [1.54, 1.807) is 0 Å². The van der Waals surface area contributed by atoms with Crippen molar-refractivity contribution in [2.45, 2.75) is 32.9 Å². The Morgan fingerprint density at radius 2 is 1.81 bits per heavy atom. The maximum Gasteiger partial charge on any atom is 0.433 e. The summed E-state index contributed by atoms with van der Waals surface area (Å²) in [6, 6.07) is 0.869. The van der Waals surface area contributed by atoms with Crippen LogP contribution in [0.5, 0.6) is 0 Å². The number of hydrogen-bond acceptors (Lipinski definition) is 5. The van der Waals surface area contributed by atoms with E-state index >= 15 is 0 Å². The van der Waals surface area contributed by atoms with Gasteiger partial charge in [0.1, 0.15) is 5.82 Å². The van der Waals surface area contributed by atoms with Gasteiger partial charge in [0, 0.05) is 25.1 Å². The molecule has 1 heterocycles. The highest BCUT2D eigenvalue weighted by Gasteiger charge is 2.34. The molecule has 0 unspecified atom stereocenters. The Bertz CT molecular complexity index is 453. The molecular formula is C13H21F3N4O. The largest absolute Gasteiger partial charge is 0.433 e. The Kier molecular flexibility index (Phi) is 5.77. The molecule has 0 fully saturated rings. The van der Waals surface area contributed by atoms with Gasteiger partial charge in [0.25, 0.3) is 0 Å². The Morgan fingerprint density at radius 1 is 1.19 bits per heavy atom. The predicted octanol–water partition coefficient (Wildman–Crippen LogP) is 2.75. The zero-order valence-electron chi connectivity index (χ0n) is 12.4. The van der Waals surface area contributed by atoms with Crippen LogP contribution in [0.25, 0.3) is 0 Å². The fourth-order valence-electron chi connectivity index (χ4n) is 1.85. The third kappa shape index (κ3) is 4.45. The SMILES string of the molecule is CCC(CC)(CO)CNc1cc(C(F)(F)F)nc(NC)n1. The highest BCUT2D eigenvalue weighted by atomic mass is 19.4. The summed E-state index contributed by atoms with van der Waals surface area (Å²) in [7, 11) is 1.45. The van der Waals surface area contributed by atoms with Crippen molar-refractivity contribution in [2.24, 2.45) is 5.41 Å². The summed E-state index contributed by atoms with van der Waals surface area (Å²) in [5.74, 6) is -0.0173. The van der Waals surface area contributed by atoms with Crippen LogP contribution >= 0.6 is 0 Å². The molecule has 0 aromatic carbocycles. The van der Waals surface area contributed by atoms with Crippen molar-refractivity contribution in [3.05, 3.63) is 11.8 Å². The third-order valence-electron chi connectivity index (χ3n) is 3.72. The van der Waals surface area contributed by atoms with Crippen LogP contribution in [-0.4, -0.2) is 35.3 Å². The van der Waals surface area contributed by atoms with Gasteiger partial charge in [0.2, 0.25) is 5.95 Å². The first-order valence-electron chi connectivity index (χ1n) is 6.79. The van der Waals surface area contributed by atoms with Gasteiger partial charge in [-0.1, -0.05) is 13.8 Å². The number of hydrogen-bond donors (Lipinski definition) is 3. The minimum absolute atomic E-state index is 0.0386. The third-order valence-corrected chi connectivity index (χ3v) is 3.72. The molecule has 120 valence electrons. The van der Waals surface area contributed by atoms with Crippen LogP contribution in [0, 0.1) is 5.41 Å². The molecule has 0 saturated carbocycles. The van der Waals surface area contributed by atoms with E-state index in [2.05, 4.69) is 20.6 Å². The predicted molar refractivity (Wildman–Crippen MR) is 75.2 cm³/mol. The Balaban J connectivity index is 2.98. The van der Waals surface area contributed by atoms with E-state index in [4.69, 9.17) is 0 Å². The monoisotopic (exact) mass is 306 g/mol. The number of nitrogens with zero attached hydrogens (tertiary/aromatic N) is 2. The summed E-state index contributed by atoms with van der Waals surface area (Å²) in [5, 5.41) is 14.9. The van der Waals surface area contributed by atoms with Crippen LogP contribution in [0.4, 0.5) is 24.9 Å². The fourth-order valence-corrected chi connectivity index (χ4v) is 1.85. The second-order valence-electron chi connectivity index (χ2n) is 4.93. The minimum atomic E-state index is -4.53. The Morgan fingerprint density at radius 3 is 2.24 bits per heavy atom. The highest BCUT2D eigenvalue weighted by Crippen LogP contribution is 2.30. The number of anilines is 2. The van der Waals surface area contributed by atoms with E-state index in [1.165, 1.54) is 7.05 Å². The van der Waals surface area contributed by atoms with E-state index in [0.29, 0.717) is 19.4 Å². The summed E-state index contributed by atoms with van der Waals surface area (Å²) < 4.78 is 38.3. The quantitative estimate of drug-likeness (QED) is 0.722. The number of aliphatic hydroxyl groups excluding tert-OH is 1. The number of aromatic nitrogens is 2. The van der Waals surface area contributed by atoms with Crippen LogP contribution in [0.3, 0.4) is 0 Å². The molecule has 5 nitrogen and oxygen atoms in total. The number of rotatable bonds is 7. The number of halogens is 3. The molecule has 0 aliphatic carbocycles. The zero-order valence-corrected chi connectivity index (χ0v) is 12.4. The van der Waals surface area contributed by atoms with Gasteiger partial charge in [-0.3, -0.25) is 0 Å². The summed E-state index contributed by atoms with van der Waals surface area (Å²) >= 11 is 0. The maximum atomic E-state index is 12.8. The van der Waals surface area contributed by atoms with Gasteiger partial charge in [0.15, 0.2) is 5.69 Å². The Hall–Kier alpha value is -1.57. The van der Waals surface area contributed by atoms with E-state index < -0.39 is 11.9 Å². The van der Waals surface area contributed by atoms with E-state index in [0.717, 1.165) is 6.07 Å². The van der Waals surface area contributed by atoms with Crippen LogP contribution in [0.1, 0.15) is 32.4 Å². The van der Waals surface area contributed by atoms with Crippen molar-refractivity contribution in [1.82, 2.24) is 9.97 Å². The molecule has 0 radical (unpaired) electrons. The molecule has 8 heteroatoms. The summed E-state index contributed by atoms with van der Waals surface area (Å²) in [6.45, 7) is 4.17. The van der Waals surface area contributed by atoms with Gasteiger partial charge in [-0.05, 0) is 12.8 Å². The highest BCUT2D eigenvalue weighted by molar-refractivity contribution is 5.43. The molecule has 21 heavy (non-hydrogen) atoms. The summed E-state index contributed by atoms with van der Waals surface area (Å²) in [5.41, 5.74) is -1.38. The molecule has 1 rings (SSSR count). The Labute approximate surface area is 122 Å². The zero-order chi connectivity index (χ0) is 16.1. The first-order chi connectivity index (χ1) is 9.80. The molecule has 0 aliphatic heterocycles. The molecule has 0 saturated heterocycles. The molecule has 0 bridgehead atoms. The average molecular weight is 306 g/mol. The van der Waals surface area contributed by atoms with Crippen molar-refractivity contribution < 1.29 is 18.3 Å². The first kappa shape index (κ1) is 17.5. The molecule has 1 aromatic heterocycles. The molecule has 0 spiro atoms. The van der Waals surface area contributed by atoms with Crippen LogP contribution < -0.4 is 10.6 Å². The minimum Gasteiger partial charge on any atom is -0.396 e. The molecule has 3 N–H and O–H groups in total. The molecule has 0 atom stereocenters. The van der Waals surface area contributed by atoms with Gasteiger partial charge in [-0.2, -0.15) is 18.2 Å². The summed E-state index contributed by atoms with van der Waals surface area (Å²) in [4.78, 5) is 7.35. The lowest BCUT2D eigenvalue weighted by Crippen LogP contribution is -2.32. The number of nitrogens with one attached hydrogen (secondary N) is 2. The second kappa shape index (κ2) is 6.93. The van der Waals surface area contributed by atoms with Crippen LogP contribution in [0.2, 0.25) is 0 Å². The van der Waals surface area contributed by atoms with Crippen molar-refractivity contribution in [3.63, 3.8) is 0 Å². The van der Waals surface area contributed by atoms with Gasteiger partial charge in [-0.15, -0.1) is 0 Å². The van der Waals surface area contributed by atoms with Crippen molar-refractivity contribution in [2.75, 3.05) is 30.8 Å². The van der Waals surface area contributed by atoms with Crippen molar-refractivity contribution in [1.29, 1.82) is 0 Å². The van der Waals surface area contributed by atoms with E-state index in [9.17, 15) is 18.3 Å². The standard InChI is InChI=1S/C13H21F3N4O/c1-4-12(5-2,8-21)7-18-10-6-9(13(14,15)16)19-11(17-3)20-10/h6,21H,4-5,7-8H2,1-3H3,(H2,17,18,19,20). The van der Waals surface area contributed by atoms with Gasteiger partial charge in [-0.25, -0.2) is 4.98 Å². The lowest BCUT2D eigenvalue weighted by Gasteiger charge is -2.29. The number of aliphatic hydroxyl groups is 1. The lowest BCUT2D eigenvalue weighted by atomic mass is 9.83. The van der Waals surface area contributed by atoms with E-state index in [-0.39, 0.29) is 23.8 Å². The van der Waals surface area contributed by atoms with Crippen LogP contribution in [-0.2, 0) is 6.18 Å². The first-order valence-corrected chi connectivity index (χ1v) is 6.79. The van der Waals surface area contributed by atoms with Crippen molar-refractivity contribution >= 4 is 11.8 Å². The smallest absolute Gasteiger partial charge is 0.396 e. The van der Waals surface area contributed by atoms with E-state index in [1.807, 2.05) is 13.8 Å². The number of alkyl halides is 3.